The van der Waals surface area contributed by atoms with Gasteiger partial charge in [-0.25, -0.2) is 0 Å². The summed E-state index contributed by atoms with van der Waals surface area (Å²) >= 11 is 9.98. The maximum absolute atomic E-state index is 6.14. The number of nitrogens with one attached hydrogen (secondary N) is 3. The van der Waals surface area contributed by atoms with Gasteiger partial charge in [-0.15, -0.1) is 23.3 Å². The Hall–Kier alpha value is -0.0900. The molecule has 33 heavy (non-hydrogen) atoms. The molecule has 194 valence electrons. The van der Waals surface area contributed by atoms with Crippen LogP contribution in [-0.2, 0) is 5.41 Å². The Morgan fingerprint density at radius 3 is 2.15 bits per heavy atom. The zero-order valence-corrected chi connectivity index (χ0v) is 24.0. The monoisotopic (exact) mass is 518 g/mol. The average molecular weight is 519 g/mol. The number of benzene rings is 1. The summed E-state index contributed by atoms with van der Waals surface area (Å²) in [4.78, 5) is 1.08. The van der Waals surface area contributed by atoms with Gasteiger partial charge in [0, 0.05) is 6.54 Å². The summed E-state index contributed by atoms with van der Waals surface area (Å²) in [7, 11) is -1.76. The molecule has 5 N–H and O–H groups in total. The smallest absolute Gasteiger partial charge is 0.134 e. The van der Waals surface area contributed by atoms with Crippen molar-refractivity contribution in [1.29, 1.82) is 0 Å². The lowest BCUT2D eigenvalue weighted by atomic mass is 9.82. The summed E-state index contributed by atoms with van der Waals surface area (Å²) in [6, 6.07) is 6.57. The average Bonchev–Trinajstić information content (AvgIpc) is 2.80. The number of nitrogens with two attached hydrogens (primary N) is 1. The molecule has 8 heteroatoms. The second-order valence-electron chi connectivity index (χ2n) is 9.25. The molecule has 0 atom stereocenters. The van der Waals surface area contributed by atoms with Crippen molar-refractivity contribution in [2.75, 3.05) is 45.9 Å². The SMILES string of the molecule is CCCCOc1ccc(C(C)(C)CC)cc1S(S)(S)NCCCNCCCCNCCCN. The Bertz CT molecular complexity index is 644. The van der Waals surface area contributed by atoms with E-state index in [1.54, 1.807) is 0 Å². The molecule has 0 amide bonds. The predicted octanol–water partition coefficient (Wildman–Crippen LogP) is 5.61. The van der Waals surface area contributed by atoms with Crippen LogP contribution in [0.25, 0.3) is 0 Å². The highest BCUT2D eigenvalue weighted by Crippen LogP contribution is 2.63. The topological polar surface area (TPSA) is 71.3 Å². The largest absolute Gasteiger partial charge is 0.492 e. The van der Waals surface area contributed by atoms with Gasteiger partial charge in [-0.1, -0.05) is 48.5 Å². The van der Waals surface area contributed by atoms with Crippen LogP contribution in [0.4, 0.5) is 0 Å². The molecule has 0 aromatic heterocycles. The van der Waals surface area contributed by atoms with E-state index in [0.29, 0.717) is 0 Å². The van der Waals surface area contributed by atoms with Crippen molar-refractivity contribution in [3.63, 3.8) is 0 Å². The lowest BCUT2D eigenvalue weighted by molar-refractivity contribution is 0.302. The molecule has 1 aromatic rings. The zero-order chi connectivity index (χ0) is 24.6. The minimum atomic E-state index is -1.76. The van der Waals surface area contributed by atoms with Gasteiger partial charge in [-0.05, 0) is 94.4 Å². The van der Waals surface area contributed by atoms with Crippen molar-refractivity contribution in [3.05, 3.63) is 23.8 Å². The van der Waals surface area contributed by atoms with E-state index in [2.05, 4.69) is 61.2 Å². The number of thiol groups is 2. The maximum Gasteiger partial charge on any atom is 0.134 e. The lowest BCUT2D eigenvalue weighted by Gasteiger charge is -2.34. The molecule has 0 aliphatic carbocycles. The molecular formula is C25H50N4OS3. The van der Waals surface area contributed by atoms with E-state index in [4.69, 9.17) is 33.8 Å². The van der Waals surface area contributed by atoms with Crippen LogP contribution in [0.1, 0.15) is 78.2 Å². The highest BCUT2D eigenvalue weighted by Gasteiger charge is 2.26. The second kappa shape index (κ2) is 17.4. The fourth-order valence-corrected chi connectivity index (χ4v) is 5.97. The van der Waals surface area contributed by atoms with Gasteiger partial charge in [-0.2, -0.15) is 0 Å². The molecule has 1 rings (SSSR count). The van der Waals surface area contributed by atoms with E-state index < -0.39 is 8.28 Å². The summed E-state index contributed by atoms with van der Waals surface area (Å²) in [6.45, 7) is 15.5. The third kappa shape index (κ3) is 12.4. The van der Waals surface area contributed by atoms with Gasteiger partial charge in [0.1, 0.15) is 5.75 Å². The van der Waals surface area contributed by atoms with Crippen LogP contribution in [0.5, 0.6) is 5.75 Å². The van der Waals surface area contributed by atoms with Crippen molar-refractivity contribution in [3.8, 4) is 5.75 Å². The normalized spacial score (nSPS) is 12.8. The Labute approximate surface area is 215 Å². The number of rotatable bonds is 20. The molecule has 0 radical (unpaired) electrons. The second-order valence-corrected chi connectivity index (χ2v) is 15.2. The summed E-state index contributed by atoms with van der Waals surface area (Å²) in [5.41, 5.74) is 6.92. The third-order valence-electron chi connectivity index (χ3n) is 6.02. The van der Waals surface area contributed by atoms with Gasteiger partial charge in [0.25, 0.3) is 0 Å². The molecule has 5 nitrogen and oxygen atoms in total. The van der Waals surface area contributed by atoms with E-state index in [0.717, 1.165) is 88.6 Å². The summed E-state index contributed by atoms with van der Waals surface area (Å²) < 4.78 is 9.74. The Balaban J connectivity index is 2.52. The number of hydrogen-bond acceptors (Lipinski definition) is 7. The van der Waals surface area contributed by atoms with Gasteiger partial charge in [0.2, 0.25) is 0 Å². The lowest BCUT2D eigenvalue weighted by Crippen LogP contribution is -2.24. The molecular weight excluding hydrogens is 469 g/mol. The van der Waals surface area contributed by atoms with E-state index in [-0.39, 0.29) is 5.41 Å². The molecule has 1 aromatic carbocycles. The Kier molecular flexibility index (Phi) is 16.3. The van der Waals surface area contributed by atoms with Gasteiger partial charge in [0.05, 0.1) is 11.5 Å². The maximum atomic E-state index is 6.14. The summed E-state index contributed by atoms with van der Waals surface area (Å²) in [5.74, 6) is 0.907. The van der Waals surface area contributed by atoms with Gasteiger partial charge in [0.15, 0.2) is 0 Å². The van der Waals surface area contributed by atoms with Crippen molar-refractivity contribution in [2.24, 2.45) is 5.73 Å². The molecule has 0 saturated carbocycles. The van der Waals surface area contributed by atoms with Gasteiger partial charge < -0.3 is 21.1 Å². The Morgan fingerprint density at radius 2 is 1.55 bits per heavy atom. The minimum absolute atomic E-state index is 0.109. The van der Waals surface area contributed by atoms with Crippen molar-refractivity contribution in [2.45, 2.75) is 83.0 Å². The number of unbranched alkanes of at least 4 members (excludes halogenated alkanes) is 2. The molecule has 0 spiro atoms. The van der Waals surface area contributed by atoms with Crippen molar-refractivity contribution >= 4 is 31.6 Å². The minimum Gasteiger partial charge on any atom is -0.492 e. The third-order valence-corrected chi connectivity index (χ3v) is 9.51. The first kappa shape index (κ1) is 30.9. The van der Waals surface area contributed by atoms with Crippen LogP contribution in [0, 0.1) is 0 Å². The standard InChI is InChI=1S/C25H50N4OS3/c1-5-7-20-30-23-13-12-22(25(3,4)6-2)21-24(23)33(31,32)29-19-11-18-28-16-9-8-15-27-17-10-14-26/h12-13,21,27-29,31-32H,5-11,14-20,26H2,1-4H3. The molecule has 0 saturated heterocycles. The highest BCUT2D eigenvalue weighted by atomic mass is 33.5. The quantitative estimate of drug-likeness (QED) is 0.0769. The highest BCUT2D eigenvalue weighted by molar-refractivity contribution is 9.17. The predicted molar refractivity (Wildman–Crippen MR) is 155 cm³/mol. The van der Waals surface area contributed by atoms with Crippen LogP contribution >= 0.6 is 31.6 Å². The van der Waals surface area contributed by atoms with Gasteiger partial charge >= 0.3 is 0 Å². The number of hydrogen-bond donors (Lipinski definition) is 6. The first-order chi connectivity index (χ1) is 15.8. The molecule has 0 aliphatic rings. The molecule has 0 heterocycles. The fraction of sp³-hybridized carbons (Fsp3) is 0.760. The first-order valence-corrected chi connectivity index (χ1v) is 16.4. The van der Waals surface area contributed by atoms with Crippen molar-refractivity contribution < 1.29 is 4.74 Å². The number of ether oxygens (including phenoxy) is 1. The molecule has 0 aliphatic heterocycles. The fourth-order valence-electron chi connectivity index (χ4n) is 3.28. The molecule has 0 bridgehead atoms. The van der Waals surface area contributed by atoms with Crippen LogP contribution < -0.4 is 25.8 Å². The van der Waals surface area contributed by atoms with Crippen LogP contribution in [0.15, 0.2) is 23.1 Å². The summed E-state index contributed by atoms with van der Waals surface area (Å²) in [6.07, 6.45) is 7.72. The van der Waals surface area contributed by atoms with Crippen molar-refractivity contribution in [1.82, 2.24) is 15.4 Å². The van der Waals surface area contributed by atoms with Gasteiger partial charge in [-0.3, -0.25) is 4.72 Å². The van der Waals surface area contributed by atoms with E-state index in [1.807, 2.05) is 0 Å². The van der Waals surface area contributed by atoms with Crippen LogP contribution in [0.3, 0.4) is 0 Å². The zero-order valence-electron chi connectivity index (χ0n) is 21.4. The molecule has 0 fully saturated rings. The van der Waals surface area contributed by atoms with E-state index in [1.165, 1.54) is 18.4 Å². The van der Waals surface area contributed by atoms with E-state index in [9.17, 15) is 0 Å². The Morgan fingerprint density at radius 1 is 0.909 bits per heavy atom. The first-order valence-electron chi connectivity index (χ1n) is 12.7. The van der Waals surface area contributed by atoms with Crippen LogP contribution in [-0.4, -0.2) is 45.9 Å². The van der Waals surface area contributed by atoms with Crippen LogP contribution in [0.2, 0.25) is 0 Å². The van der Waals surface area contributed by atoms with E-state index >= 15 is 0 Å². The molecule has 0 unspecified atom stereocenters. The summed E-state index contributed by atoms with van der Waals surface area (Å²) in [5, 5.41) is 6.97.